The lowest BCUT2D eigenvalue weighted by molar-refractivity contribution is 0.0578. The van der Waals surface area contributed by atoms with E-state index in [0.717, 1.165) is 18.6 Å². The van der Waals surface area contributed by atoms with E-state index < -0.39 is 16.9 Å². The molecular weight excluding hydrogens is 279 g/mol. The van der Waals surface area contributed by atoms with Crippen molar-refractivity contribution in [1.29, 1.82) is 0 Å². The first-order valence-electron chi connectivity index (χ1n) is 6.97. The average Bonchev–Trinajstić information content (AvgIpc) is 2.26. The van der Waals surface area contributed by atoms with Crippen molar-refractivity contribution in [3.63, 3.8) is 0 Å². The quantitative estimate of drug-likeness (QED) is 0.456. The fourth-order valence-electron chi connectivity index (χ4n) is 1.52. The van der Waals surface area contributed by atoms with Gasteiger partial charge in [-0.1, -0.05) is 19.6 Å². The van der Waals surface area contributed by atoms with Gasteiger partial charge in [-0.25, -0.2) is 0 Å². The molecule has 2 unspecified atom stereocenters. The van der Waals surface area contributed by atoms with Crippen molar-refractivity contribution in [3.8, 4) is 0 Å². The van der Waals surface area contributed by atoms with Gasteiger partial charge < -0.3 is 13.3 Å². The Hall–Kier alpha value is 0.744. The smallest absolute Gasteiger partial charge is 0.374 e. The van der Waals surface area contributed by atoms with Crippen molar-refractivity contribution >= 4 is 26.1 Å². The first kappa shape index (κ1) is 18.7. The SMILES string of the molecule is CCO[Si](CCCP)(OCC)OC(C)[Si](C)(C)C. The Morgan fingerprint density at radius 2 is 1.56 bits per heavy atom. The van der Waals surface area contributed by atoms with Gasteiger partial charge in [0.15, 0.2) is 0 Å². The van der Waals surface area contributed by atoms with Crippen molar-refractivity contribution in [1.82, 2.24) is 0 Å². The second-order valence-electron chi connectivity index (χ2n) is 5.57. The first-order chi connectivity index (χ1) is 8.31. The average molecular weight is 311 g/mol. The zero-order chi connectivity index (χ0) is 14.2. The Morgan fingerprint density at radius 1 is 1.06 bits per heavy atom. The molecular formula is C12H31O3PSi2. The van der Waals surface area contributed by atoms with Crippen molar-refractivity contribution in [3.05, 3.63) is 0 Å². The van der Waals surface area contributed by atoms with Crippen molar-refractivity contribution in [2.24, 2.45) is 0 Å². The van der Waals surface area contributed by atoms with Gasteiger partial charge in [0.05, 0.1) is 8.07 Å². The summed E-state index contributed by atoms with van der Waals surface area (Å²) in [4.78, 5) is 0. The minimum Gasteiger partial charge on any atom is -0.374 e. The minimum atomic E-state index is -2.47. The number of hydrogen-bond donors (Lipinski definition) is 0. The summed E-state index contributed by atoms with van der Waals surface area (Å²) >= 11 is 0. The second kappa shape index (κ2) is 8.82. The molecule has 3 nitrogen and oxygen atoms in total. The maximum Gasteiger partial charge on any atom is 0.500 e. The first-order valence-corrected chi connectivity index (χ1v) is 13.3. The Balaban J connectivity index is 4.79. The molecule has 2 atom stereocenters. The van der Waals surface area contributed by atoms with Gasteiger partial charge in [-0.05, 0) is 33.4 Å². The summed E-state index contributed by atoms with van der Waals surface area (Å²) in [5, 5.41) is 0. The number of hydrogen-bond acceptors (Lipinski definition) is 3. The zero-order valence-corrected chi connectivity index (χ0v) is 16.1. The predicted molar refractivity (Wildman–Crippen MR) is 86.9 cm³/mol. The van der Waals surface area contributed by atoms with E-state index >= 15 is 0 Å². The van der Waals surface area contributed by atoms with E-state index in [0.29, 0.717) is 13.2 Å². The highest BCUT2D eigenvalue weighted by molar-refractivity contribution is 7.16. The van der Waals surface area contributed by atoms with Crippen LogP contribution in [-0.2, 0) is 13.3 Å². The molecule has 0 radical (unpaired) electrons. The third-order valence-electron chi connectivity index (χ3n) is 2.99. The normalized spacial score (nSPS) is 14.8. The Labute approximate surface area is 118 Å². The van der Waals surface area contributed by atoms with Gasteiger partial charge in [-0.2, -0.15) is 0 Å². The van der Waals surface area contributed by atoms with Crippen LogP contribution in [0.1, 0.15) is 27.2 Å². The molecule has 0 aromatic heterocycles. The molecule has 110 valence electrons. The van der Waals surface area contributed by atoms with Gasteiger partial charge in [0.2, 0.25) is 0 Å². The maximum absolute atomic E-state index is 6.33. The maximum atomic E-state index is 6.33. The summed E-state index contributed by atoms with van der Waals surface area (Å²) in [6, 6.07) is 0.924. The molecule has 0 aliphatic rings. The molecule has 0 aromatic rings. The van der Waals surface area contributed by atoms with Gasteiger partial charge in [0, 0.05) is 25.0 Å². The van der Waals surface area contributed by atoms with Crippen molar-refractivity contribution < 1.29 is 13.3 Å². The van der Waals surface area contributed by atoms with Crippen LogP contribution in [0.15, 0.2) is 0 Å². The van der Waals surface area contributed by atoms with E-state index in [1.807, 2.05) is 13.8 Å². The van der Waals surface area contributed by atoms with Crippen LogP contribution in [0.4, 0.5) is 0 Å². The summed E-state index contributed by atoms with van der Waals surface area (Å²) in [6.45, 7) is 14.5. The van der Waals surface area contributed by atoms with Gasteiger partial charge >= 0.3 is 8.80 Å². The number of rotatable bonds is 10. The molecule has 0 N–H and O–H groups in total. The van der Waals surface area contributed by atoms with Crippen LogP contribution in [0.25, 0.3) is 0 Å². The van der Waals surface area contributed by atoms with Crippen LogP contribution < -0.4 is 0 Å². The fourth-order valence-corrected chi connectivity index (χ4v) is 6.76. The lowest BCUT2D eigenvalue weighted by Crippen LogP contribution is -2.53. The largest absolute Gasteiger partial charge is 0.500 e. The van der Waals surface area contributed by atoms with Crippen LogP contribution in [0.3, 0.4) is 0 Å². The third kappa shape index (κ3) is 6.78. The minimum absolute atomic E-state index is 0.270. The Kier molecular flexibility index (Phi) is 9.19. The molecule has 0 fully saturated rings. The molecule has 0 heterocycles. The Bertz CT molecular complexity index is 216. The fraction of sp³-hybridized carbons (Fsp3) is 1.00. The summed E-state index contributed by atoms with van der Waals surface area (Å²) in [6.07, 6.45) is 2.15. The van der Waals surface area contributed by atoms with Gasteiger partial charge in [-0.3, -0.25) is 0 Å². The van der Waals surface area contributed by atoms with E-state index in [4.69, 9.17) is 13.3 Å². The van der Waals surface area contributed by atoms with E-state index in [2.05, 4.69) is 35.8 Å². The third-order valence-corrected chi connectivity index (χ3v) is 9.33. The van der Waals surface area contributed by atoms with Crippen LogP contribution in [0, 0.1) is 0 Å². The van der Waals surface area contributed by atoms with Gasteiger partial charge in [-0.15, -0.1) is 9.24 Å². The van der Waals surface area contributed by atoms with Gasteiger partial charge in [0.25, 0.3) is 0 Å². The van der Waals surface area contributed by atoms with Crippen LogP contribution in [0.5, 0.6) is 0 Å². The van der Waals surface area contributed by atoms with Crippen LogP contribution >= 0.6 is 9.24 Å². The zero-order valence-electron chi connectivity index (χ0n) is 12.9. The topological polar surface area (TPSA) is 27.7 Å². The van der Waals surface area contributed by atoms with Crippen molar-refractivity contribution in [2.75, 3.05) is 19.4 Å². The molecule has 0 spiro atoms. The summed E-state index contributed by atoms with van der Waals surface area (Å²) in [5.41, 5.74) is 0.270. The highest BCUT2D eigenvalue weighted by Crippen LogP contribution is 2.24. The Morgan fingerprint density at radius 3 is 1.89 bits per heavy atom. The van der Waals surface area contributed by atoms with Gasteiger partial charge in [0.1, 0.15) is 0 Å². The monoisotopic (exact) mass is 310 g/mol. The summed E-state index contributed by atoms with van der Waals surface area (Å²) < 4.78 is 18.2. The van der Waals surface area contributed by atoms with Crippen LogP contribution in [0.2, 0.25) is 25.7 Å². The van der Waals surface area contributed by atoms with Crippen LogP contribution in [-0.4, -0.2) is 42.0 Å². The highest BCUT2D eigenvalue weighted by Gasteiger charge is 2.43. The molecule has 0 rings (SSSR count). The summed E-state index contributed by atoms with van der Waals surface area (Å²) in [7, 11) is -1.03. The second-order valence-corrected chi connectivity index (χ2v) is 14.4. The summed E-state index contributed by atoms with van der Waals surface area (Å²) in [5.74, 6) is 0. The standard InChI is InChI=1S/C12H31O3PSi2/c1-7-13-18(14-8-2,11-9-10-16)15-12(3)17(4,5)6/h12H,7-11,16H2,1-6H3. The molecule has 18 heavy (non-hydrogen) atoms. The molecule has 0 bridgehead atoms. The molecule has 0 saturated carbocycles. The van der Waals surface area contributed by atoms with Crippen molar-refractivity contribution in [2.45, 2.75) is 58.6 Å². The van der Waals surface area contributed by atoms with E-state index in [1.54, 1.807) is 0 Å². The molecule has 0 aliphatic carbocycles. The lowest BCUT2D eigenvalue weighted by Gasteiger charge is -2.36. The predicted octanol–water partition coefficient (Wildman–Crippen LogP) is 3.55. The molecule has 0 aromatic carbocycles. The van der Waals surface area contributed by atoms with E-state index in [-0.39, 0.29) is 5.73 Å². The van der Waals surface area contributed by atoms with E-state index in [1.165, 1.54) is 0 Å². The highest BCUT2D eigenvalue weighted by atomic mass is 31.0. The molecule has 0 aliphatic heterocycles. The molecule has 0 saturated heterocycles. The molecule has 0 amide bonds. The molecule has 6 heteroatoms. The van der Waals surface area contributed by atoms with E-state index in [9.17, 15) is 0 Å². The lowest BCUT2D eigenvalue weighted by atomic mass is 10.6.